The molecule has 0 aliphatic carbocycles. The molecule has 1 atom stereocenters. The van der Waals surface area contributed by atoms with E-state index in [1.807, 2.05) is 30.5 Å². The van der Waals surface area contributed by atoms with E-state index < -0.39 is 6.10 Å². The first-order chi connectivity index (χ1) is 10.1. The predicted molar refractivity (Wildman–Crippen MR) is 90.3 cm³/mol. The Morgan fingerprint density at radius 1 is 1.14 bits per heavy atom. The fourth-order valence-electron chi connectivity index (χ4n) is 3.08. The fraction of sp³-hybridized carbons (Fsp3) is 0.389. The highest BCUT2D eigenvalue weighted by Gasteiger charge is 2.36. The molecule has 0 amide bonds. The molecule has 0 aliphatic rings. The Bertz CT molecular complexity index is 566. The van der Waals surface area contributed by atoms with E-state index in [1.165, 1.54) is 5.56 Å². The van der Waals surface area contributed by atoms with Crippen molar-refractivity contribution in [2.75, 3.05) is 0 Å². The molecule has 0 saturated heterocycles. The quantitative estimate of drug-likeness (QED) is 0.833. The first kappa shape index (κ1) is 16.2. The Morgan fingerprint density at radius 2 is 1.81 bits per heavy atom. The maximum atomic E-state index is 10.9. The van der Waals surface area contributed by atoms with Gasteiger partial charge >= 0.3 is 0 Å². The zero-order valence-electron chi connectivity index (χ0n) is 12.6. The molecule has 1 N–H and O–H groups in total. The molecule has 21 heavy (non-hydrogen) atoms. The number of nitrogens with zero attached hydrogens (tertiary/aromatic N) is 1. The molecule has 112 valence electrons. The second-order valence-electron chi connectivity index (χ2n) is 5.46. The van der Waals surface area contributed by atoms with E-state index >= 15 is 0 Å². The maximum absolute atomic E-state index is 10.9. The zero-order valence-corrected chi connectivity index (χ0v) is 14.2. The predicted octanol–water partition coefficient (Wildman–Crippen LogP) is 4.51. The summed E-state index contributed by atoms with van der Waals surface area (Å²) in [6.45, 7) is 4.30. The largest absolute Gasteiger partial charge is 0.392 e. The third kappa shape index (κ3) is 3.53. The Balaban J connectivity index is 2.29. The van der Waals surface area contributed by atoms with Crippen molar-refractivity contribution in [2.24, 2.45) is 0 Å². The van der Waals surface area contributed by atoms with Crippen molar-refractivity contribution in [1.82, 2.24) is 4.98 Å². The van der Waals surface area contributed by atoms with Crippen molar-refractivity contribution >= 4 is 15.9 Å². The van der Waals surface area contributed by atoms with E-state index in [9.17, 15) is 5.11 Å². The van der Waals surface area contributed by atoms with Crippen LogP contribution in [0.1, 0.15) is 37.8 Å². The van der Waals surface area contributed by atoms with Crippen LogP contribution in [0, 0.1) is 0 Å². The second-order valence-corrected chi connectivity index (χ2v) is 6.38. The monoisotopic (exact) mass is 347 g/mol. The molecule has 1 unspecified atom stereocenters. The lowest BCUT2D eigenvalue weighted by Crippen LogP contribution is -2.40. The van der Waals surface area contributed by atoms with Crippen molar-refractivity contribution in [3.63, 3.8) is 0 Å². The number of pyridine rings is 1. The summed E-state index contributed by atoms with van der Waals surface area (Å²) in [4.78, 5) is 4.19. The van der Waals surface area contributed by atoms with Crippen molar-refractivity contribution in [2.45, 2.75) is 44.6 Å². The van der Waals surface area contributed by atoms with Crippen LogP contribution in [0.5, 0.6) is 0 Å². The average molecular weight is 348 g/mol. The molecule has 1 aromatic heterocycles. The van der Waals surface area contributed by atoms with Gasteiger partial charge in [0.25, 0.3) is 0 Å². The number of benzene rings is 1. The highest BCUT2D eigenvalue weighted by atomic mass is 79.9. The maximum Gasteiger partial charge on any atom is 0.0677 e. The van der Waals surface area contributed by atoms with E-state index in [0.29, 0.717) is 6.42 Å². The highest BCUT2D eigenvalue weighted by molar-refractivity contribution is 9.10. The molecule has 0 fully saturated rings. The van der Waals surface area contributed by atoms with Gasteiger partial charge < -0.3 is 5.11 Å². The molecule has 0 spiro atoms. The van der Waals surface area contributed by atoms with Gasteiger partial charge in [-0.3, -0.25) is 4.98 Å². The Labute approximate surface area is 135 Å². The smallest absolute Gasteiger partial charge is 0.0677 e. The van der Waals surface area contributed by atoms with Crippen molar-refractivity contribution in [3.05, 3.63) is 64.4 Å². The van der Waals surface area contributed by atoms with Crippen LogP contribution >= 0.6 is 15.9 Å². The Morgan fingerprint density at radius 3 is 2.38 bits per heavy atom. The van der Waals surface area contributed by atoms with Crippen LogP contribution < -0.4 is 0 Å². The molecule has 0 radical (unpaired) electrons. The molecular formula is C18H22BrNO. The topological polar surface area (TPSA) is 33.1 Å². The van der Waals surface area contributed by atoms with Crippen LogP contribution in [0.4, 0.5) is 0 Å². The van der Waals surface area contributed by atoms with E-state index in [0.717, 1.165) is 22.9 Å². The van der Waals surface area contributed by atoms with Gasteiger partial charge in [0.05, 0.1) is 6.10 Å². The summed E-state index contributed by atoms with van der Waals surface area (Å²) >= 11 is 3.44. The lowest BCUT2D eigenvalue weighted by molar-refractivity contribution is 0.0733. The van der Waals surface area contributed by atoms with Gasteiger partial charge in [-0.25, -0.2) is 0 Å². The summed E-state index contributed by atoms with van der Waals surface area (Å²) in [5, 5.41) is 10.9. The van der Waals surface area contributed by atoms with Gasteiger partial charge in [0.2, 0.25) is 0 Å². The van der Waals surface area contributed by atoms with Crippen LogP contribution in [0.15, 0.2) is 53.3 Å². The minimum Gasteiger partial charge on any atom is -0.392 e. The minimum absolute atomic E-state index is 0.205. The lowest BCUT2D eigenvalue weighted by atomic mass is 9.70. The fourth-order valence-corrected chi connectivity index (χ4v) is 3.49. The number of hydrogen-bond acceptors (Lipinski definition) is 2. The third-order valence-electron chi connectivity index (χ3n) is 4.44. The van der Waals surface area contributed by atoms with E-state index in [1.54, 1.807) is 6.20 Å². The van der Waals surface area contributed by atoms with Gasteiger partial charge in [-0.15, -0.1) is 0 Å². The summed E-state index contributed by atoms with van der Waals surface area (Å²) in [5.74, 6) is 0. The van der Waals surface area contributed by atoms with E-state index in [-0.39, 0.29) is 5.41 Å². The van der Waals surface area contributed by atoms with Crippen LogP contribution in [-0.4, -0.2) is 16.2 Å². The van der Waals surface area contributed by atoms with Crippen LogP contribution in [0.3, 0.4) is 0 Å². The highest BCUT2D eigenvalue weighted by Crippen LogP contribution is 2.36. The zero-order chi connectivity index (χ0) is 15.3. The van der Waals surface area contributed by atoms with E-state index in [4.69, 9.17) is 0 Å². The molecule has 2 aromatic rings. The Hall–Kier alpha value is -1.19. The van der Waals surface area contributed by atoms with Gasteiger partial charge in [-0.1, -0.05) is 44.2 Å². The molecule has 2 rings (SSSR count). The summed E-state index contributed by atoms with van der Waals surface area (Å²) in [6.07, 6.45) is 5.61. The molecular weight excluding hydrogens is 326 g/mol. The van der Waals surface area contributed by atoms with Gasteiger partial charge in [0.1, 0.15) is 0 Å². The summed E-state index contributed by atoms with van der Waals surface area (Å²) in [5.41, 5.74) is 2.06. The van der Waals surface area contributed by atoms with Gasteiger partial charge in [0, 0.05) is 28.7 Å². The molecule has 3 heteroatoms. The second kappa shape index (κ2) is 7.19. The van der Waals surface area contributed by atoms with Crippen molar-refractivity contribution in [1.29, 1.82) is 0 Å². The van der Waals surface area contributed by atoms with Crippen LogP contribution in [0.2, 0.25) is 0 Å². The Kier molecular flexibility index (Phi) is 5.54. The molecule has 2 nitrogen and oxygen atoms in total. The molecule has 0 aliphatic heterocycles. The summed E-state index contributed by atoms with van der Waals surface area (Å²) < 4.78 is 0.950. The van der Waals surface area contributed by atoms with Crippen molar-refractivity contribution < 1.29 is 5.11 Å². The van der Waals surface area contributed by atoms with Gasteiger partial charge in [-0.05, 0) is 46.0 Å². The number of hydrogen-bond donors (Lipinski definition) is 1. The molecule has 0 bridgehead atoms. The molecule has 1 aromatic carbocycles. The molecule has 1 heterocycles. The number of aliphatic hydroxyl groups is 1. The number of aliphatic hydroxyl groups excluding tert-OH is 1. The number of rotatable bonds is 6. The normalized spacial score (nSPS) is 13.1. The first-order valence-electron chi connectivity index (χ1n) is 7.45. The van der Waals surface area contributed by atoms with Crippen LogP contribution in [-0.2, 0) is 11.8 Å². The minimum atomic E-state index is -0.425. The van der Waals surface area contributed by atoms with Gasteiger partial charge in [0.15, 0.2) is 0 Å². The summed E-state index contributed by atoms with van der Waals surface area (Å²) in [6, 6.07) is 12.4. The average Bonchev–Trinajstić information content (AvgIpc) is 2.50. The van der Waals surface area contributed by atoms with E-state index in [2.05, 4.69) is 46.9 Å². The van der Waals surface area contributed by atoms with Crippen LogP contribution in [0.25, 0.3) is 0 Å². The summed E-state index contributed by atoms with van der Waals surface area (Å²) in [7, 11) is 0. The number of aromatic nitrogens is 1. The number of halogens is 1. The molecule has 0 saturated carbocycles. The first-order valence-corrected chi connectivity index (χ1v) is 8.24. The lowest BCUT2D eigenvalue weighted by Gasteiger charge is -2.37. The van der Waals surface area contributed by atoms with Gasteiger partial charge in [-0.2, -0.15) is 0 Å². The van der Waals surface area contributed by atoms with Crippen molar-refractivity contribution in [3.8, 4) is 0 Å². The standard InChI is InChI=1S/C18H22BrNO/c1-3-18(4-2,15-8-6-5-7-9-15)17(21)11-14-10-16(19)13-20-12-14/h5-10,12-13,17,21H,3-4,11H2,1-2H3. The SMILES string of the molecule is CCC(CC)(c1ccccc1)C(O)Cc1cncc(Br)c1. The third-order valence-corrected chi connectivity index (χ3v) is 4.87.